The van der Waals surface area contributed by atoms with Crippen LogP contribution in [0, 0.1) is 5.21 Å². The van der Waals surface area contributed by atoms with Crippen molar-refractivity contribution in [2.45, 2.75) is 32.7 Å². The van der Waals surface area contributed by atoms with E-state index in [2.05, 4.69) is 62.4 Å². The number of hydrogen-bond donors (Lipinski definition) is 1. The summed E-state index contributed by atoms with van der Waals surface area (Å²) < 4.78 is 2.98. The van der Waals surface area contributed by atoms with E-state index in [0.29, 0.717) is 12.4 Å². The molecule has 0 fully saturated rings. The lowest BCUT2D eigenvalue weighted by atomic mass is 9.97. The van der Waals surface area contributed by atoms with Crippen molar-refractivity contribution < 1.29 is 4.73 Å². The van der Waals surface area contributed by atoms with Gasteiger partial charge in [-0.05, 0) is 40.5 Å². The number of unbranched alkanes of at least 4 members (excludes halogenated alkanes) is 1. The van der Waals surface area contributed by atoms with Crippen molar-refractivity contribution in [2.75, 3.05) is 0 Å². The van der Waals surface area contributed by atoms with Crippen LogP contribution in [0.25, 0.3) is 33.8 Å². The summed E-state index contributed by atoms with van der Waals surface area (Å²) in [5.41, 5.74) is 5.78. The van der Waals surface area contributed by atoms with Gasteiger partial charge in [0, 0.05) is 30.8 Å². The Morgan fingerprint density at radius 1 is 1.00 bits per heavy atom. The lowest BCUT2D eigenvalue weighted by molar-refractivity contribution is -0.604. The van der Waals surface area contributed by atoms with Crippen LogP contribution in [-0.2, 0) is 13.0 Å². The molecule has 0 bridgehead atoms. The summed E-state index contributed by atoms with van der Waals surface area (Å²) in [5, 5.41) is 26.6. The molecule has 34 heavy (non-hydrogen) atoms. The van der Waals surface area contributed by atoms with Gasteiger partial charge in [-0.25, -0.2) is 4.98 Å². The quantitative estimate of drug-likeness (QED) is 0.278. The number of imidazole rings is 1. The number of aromatic nitrogens is 7. The van der Waals surface area contributed by atoms with E-state index >= 15 is 0 Å². The second kappa shape index (κ2) is 9.66. The SMILES string of the molecule is CCCCc1nc(-c2ccc[n+]([O-])c2)cn1Cc1ccc(-c2ccccc2)c(-c2nn[nH]n2)c1. The molecule has 5 rings (SSSR count). The molecule has 3 heterocycles. The number of nitrogens with zero attached hydrogens (tertiary/aromatic N) is 6. The van der Waals surface area contributed by atoms with Gasteiger partial charge in [-0.2, -0.15) is 9.94 Å². The van der Waals surface area contributed by atoms with Crippen LogP contribution in [0.15, 0.2) is 79.3 Å². The van der Waals surface area contributed by atoms with Gasteiger partial charge in [-0.15, -0.1) is 10.2 Å². The molecule has 8 nitrogen and oxygen atoms in total. The first-order chi connectivity index (χ1) is 16.7. The summed E-state index contributed by atoms with van der Waals surface area (Å²) in [7, 11) is 0. The van der Waals surface area contributed by atoms with Gasteiger partial charge in [-0.1, -0.05) is 55.8 Å². The number of nitrogens with one attached hydrogen (secondary N) is 1. The monoisotopic (exact) mass is 451 g/mol. The van der Waals surface area contributed by atoms with Gasteiger partial charge >= 0.3 is 0 Å². The van der Waals surface area contributed by atoms with E-state index in [-0.39, 0.29) is 0 Å². The van der Waals surface area contributed by atoms with Crippen LogP contribution in [0.3, 0.4) is 0 Å². The second-order valence-electron chi connectivity index (χ2n) is 8.21. The summed E-state index contributed by atoms with van der Waals surface area (Å²) >= 11 is 0. The number of H-pyrrole nitrogens is 1. The molecule has 0 unspecified atom stereocenters. The first kappa shape index (κ1) is 21.5. The maximum atomic E-state index is 11.8. The number of aromatic amines is 1. The fourth-order valence-corrected chi connectivity index (χ4v) is 4.09. The third-order valence-corrected chi connectivity index (χ3v) is 5.79. The average Bonchev–Trinajstić information content (AvgIpc) is 3.54. The van der Waals surface area contributed by atoms with Crippen LogP contribution in [-0.4, -0.2) is 30.2 Å². The minimum absolute atomic E-state index is 0.558. The molecule has 0 aliphatic heterocycles. The number of pyridine rings is 1. The summed E-state index contributed by atoms with van der Waals surface area (Å²) in [5.74, 6) is 1.56. The van der Waals surface area contributed by atoms with Crippen molar-refractivity contribution in [3.8, 4) is 33.8 Å². The second-order valence-corrected chi connectivity index (χ2v) is 8.21. The van der Waals surface area contributed by atoms with Gasteiger partial charge in [0.2, 0.25) is 5.82 Å². The van der Waals surface area contributed by atoms with E-state index in [1.807, 2.05) is 30.5 Å². The summed E-state index contributed by atoms with van der Waals surface area (Å²) in [6, 6.07) is 20.2. The van der Waals surface area contributed by atoms with Crippen molar-refractivity contribution >= 4 is 0 Å². The fourth-order valence-electron chi connectivity index (χ4n) is 4.09. The lowest BCUT2D eigenvalue weighted by Crippen LogP contribution is -2.23. The van der Waals surface area contributed by atoms with E-state index < -0.39 is 0 Å². The van der Waals surface area contributed by atoms with Crippen molar-refractivity contribution in [1.82, 2.24) is 30.2 Å². The van der Waals surface area contributed by atoms with Gasteiger partial charge in [-0.3, -0.25) is 0 Å². The topological polar surface area (TPSA) is 99.2 Å². The molecule has 1 N–H and O–H groups in total. The largest absolute Gasteiger partial charge is 0.619 e. The molecule has 170 valence electrons. The fraction of sp³-hybridized carbons (Fsp3) is 0.192. The van der Waals surface area contributed by atoms with Gasteiger partial charge in [0.15, 0.2) is 12.4 Å². The molecule has 3 aromatic heterocycles. The van der Waals surface area contributed by atoms with Crippen molar-refractivity contribution in [3.63, 3.8) is 0 Å². The zero-order chi connectivity index (χ0) is 23.3. The third kappa shape index (κ3) is 4.56. The molecule has 0 saturated heterocycles. The van der Waals surface area contributed by atoms with Crippen LogP contribution in [0.1, 0.15) is 31.2 Å². The number of aryl methyl sites for hydroxylation is 1. The van der Waals surface area contributed by atoms with Crippen LogP contribution in [0.4, 0.5) is 0 Å². The Labute approximate surface area is 197 Å². The smallest absolute Gasteiger partial charge is 0.205 e. The molecule has 0 radical (unpaired) electrons. The normalized spacial score (nSPS) is 11.1. The van der Waals surface area contributed by atoms with E-state index in [1.165, 1.54) is 6.20 Å². The molecule has 0 amide bonds. The van der Waals surface area contributed by atoms with Gasteiger partial charge in [0.1, 0.15) is 5.82 Å². The van der Waals surface area contributed by atoms with Crippen molar-refractivity contribution in [3.05, 3.63) is 95.8 Å². The Bertz CT molecular complexity index is 1380. The highest BCUT2D eigenvalue weighted by Crippen LogP contribution is 2.31. The predicted octanol–water partition coefficient (Wildman–Crippen LogP) is 4.42. The van der Waals surface area contributed by atoms with Crippen LogP contribution < -0.4 is 4.73 Å². The first-order valence-corrected chi connectivity index (χ1v) is 11.4. The predicted molar refractivity (Wildman–Crippen MR) is 129 cm³/mol. The van der Waals surface area contributed by atoms with Crippen LogP contribution in [0.2, 0.25) is 0 Å². The number of benzene rings is 2. The average molecular weight is 452 g/mol. The molecule has 0 aliphatic rings. The zero-order valence-corrected chi connectivity index (χ0v) is 18.9. The van der Waals surface area contributed by atoms with E-state index in [4.69, 9.17) is 4.98 Å². The molecule has 0 atom stereocenters. The lowest BCUT2D eigenvalue weighted by Gasteiger charge is -2.12. The van der Waals surface area contributed by atoms with Gasteiger partial charge in [0.25, 0.3) is 0 Å². The van der Waals surface area contributed by atoms with E-state index in [0.717, 1.165) is 63.3 Å². The highest BCUT2D eigenvalue weighted by Gasteiger charge is 2.15. The Hall–Kier alpha value is -4.33. The Kier molecular flexibility index (Phi) is 6.11. The van der Waals surface area contributed by atoms with E-state index in [1.54, 1.807) is 12.3 Å². The summed E-state index contributed by atoms with van der Waals surface area (Å²) in [4.78, 5) is 4.86. The molecule has 0 saturated carbocycles. The first-order valence-electron chi connectivity index (χ1n) is 11.4. The molecule has 0 aliphatic carbocycles. The van der Waals surface area contributed by atoms with Crippen molar-refractivity contribution in [1.29, 1.82) is 0 Å². The molecular formula is C26H25N7O. The van der Waals surface area contributed by atoms with Gasteiger partial charge < -0.3 is 9.77 Å². The highest BCUT2D eigenvalue weighted by atomic mass is 16.5. The maximum Gasteiger partial charge on any atom is 0.205 e. The van der Waals surface area contributed by atoms with Crippen molar-refractivity contribution in [2.24, 2.45) is 0 Å². The van der Waals surface area contributed by atoms with Crippen LogP contribution >= 0.6 is 0 Å². The number of tetrazole rings is 1. The molecule has 2 aromatic carbocycles. The minimum atomic E-state index is 0.558. The Morgan fingerprint density at radius 2 is 1.85 bits per heavy atom. The maximum absolute atomic E-state index is 11.8. The summed E-state index contributed by atoms with van der Waals surface area (Å²) in [6.45, 7) is 2.82. The molecule has 8 heteroatoms. The molecule has 0 spiro atoms. The number of hydrogen-bond acceptors (Lipinski definition) is 5. The number of rotatable bonds is 8. The molecular weight excluding hydrogens is 426 g/mol. The minimum Gasteiger partial charge on any atom is -0.619 e. The summed E-state index contributed by atoms with van der Waals surface area (Å²) in [6.07, 6.45) is 8.07. The highest BCUT2D eigenvalue weighted by molar-refractivity contribution is 5.80. The Morgan fingerprint density at radius 3 is 2.62 bits per heavy atom. The zero-order valence-electron chi connectivity index (χ0n) is 18.9. The Balaban J connectivity index is 1.53. The van der Waals surface area contributed by atoms with Gasteiger partial charge in [0.05, 0.1) is 11.3 Å². The standard InChI is InChI=1S/C26H25N7O/c1-2-3-11-25-27-24(21-10-7-14-33(34)17-21)18-32(25)16-19-12-13-22(20-8-5-4-6-9-20)23(15-19)26-28-30-31-29-26/h4-10,12-15,17-18H,2-3,11,16H2,1H3,(H,28,29,30,31). The third-order valence-electron chi connectivity index (χ3n) is 5.79. The molecule has 5 aromatic rings. The van der Waals surface area contributed by atoms with Crippen LogP contribution in [0.5, 0.6) is 0 Å². The van der Waals surface area contributed by atoms with E-state index in [9.17, 15) is 5.21 Å².